The van der Waals surface area contributed by atoms with Gasteiger partial charge in [-0.05, 0) is 30.5 Å². The molecule has 0 aliphatic heterocycles. The summed E-state index contributed by atoms with van der Waals surface area (Å²) in [6.45, 7) is 0. The van der Waals surface area contributed by atoms with Gasteiger partial charge in [-0.3, -0.25) is 0 Å². The molecule has 1 saturated carbocycles. The van der Waals surface area contributed by atoms with Crippen molar-refractivity contribution in [3.8, 4) is 11.3 Å². The third-order valence-corrected chi connectivity index (χ3v) is 4.05. The van der Waals surface area contributed by atoms with Gasteiger partial charge < -0.3 is 15.0 Å². The van der Waals surface area contributed by atoms with Crippen LogP contribution in [0.4, 0.5) is 5.69 Å². The third kappa shape index (κ3) is 2.85. The minimum atomic E-state index is 0.330. The molecule has 1 aliphatic rings. The molecule has 1 fully saturated rings. The molecule has 106 valence electrons. The molecule has 1 aliphatic carbocycles. The summed E-state index contributed by atoms with van der Waals surface area (Å²) < 4.78 is 5.58. The zero-order chi connectivity index (χ0) is 13.8. The lowest BCUT2D eigenvalue weighted by Crippen LogP contribution is -2.37. The summed E-state index contributed by atoms with van der Waals surface area (Å²) in [6, 6.07) is 8.89. The van der Waals surface area contributed by atoms with E-state index in [1.807, 2.05) is 13.3 Å². The summed E-state index contributed by atoms with van der Waals surface area (Å²) >= 11 is 0. The van der Waals surface area contributed by atoms with Crippen molar-refractivity contribution in [1.82, 2.24) is 9.97 Å². The maximum absolute atomic E-state index is 5.58. The first-order chi connectivity index (χ1) is 9.86. The number of ether oxygens (including phenoxy) is 1. The van der Waals surface area contributed by atoms with Crippen LogP contribution in [0.15, 0.2) is 36.8 Å². The second-order valence-electron chi connectivity index (χ2n) is 5.35. The van der Waals surface area contributed by atoms with Gasteiger partial charge in [-0.25, -0.2) is 4.98 Å². The van der Waals surface area contributed by atoms with Crippen molar-refractivity contribution in [1.29, 1.82) is 0 Å². The Hall–Kier alpha value is -1.81. The van der Waals surface area contributed by atoms with E-state index in [1.54, 1.807) is 6.33 Å². The molecule has 1 heterocycles. The quantitative estimate of drug-likeness (QED) is 0.895. The van der Waals surface area contributed by atoms with Gasteiger partial charge in [0.15, 0.2) is 0 Å². The Balaban J connectivity index is 1.68. The lowest BCUT2D eigenvalue weighted by atomic mass is 9.92. The predicted molar refractivity (Wildman–Crippen MR) is 80.7 cm³/mol. The van der Waals surface area contributed by atoms with Crippen LogP contribution in [0.25, 0.3) is 11.3 Å². The first-order valence-electron chi connectivity index (χ1n) is 7.25. The Kier molecular flexibility index (Phi) is 4.02. The number of rotatable bonds is 4. The van der Waals surface area contributed by atoms with Crippen LogP contribution in [-0.4, -0.2) is 29.2 Å². The van der Waals surface area contributed by atoms with Crippen LogP contribution in [0.5, 0.6) is 0 Å². The largest absolute Gasteiger partial charge is 0.380 e. The average molecular weight is 271 g/mol. The monoisotopic (exact) mass is 271 g/mol. The molecular formula is C16H21N3O. The van der Waals surface area contributed by atoms with Crippen molar-refractivity contribution in [2.75, 3.05) is 12.4 Å². The molecule has 2 aromatic rings. The smallest absolute Gasteiger partial charge is 0.0924 e. The number of H-pyrrole nitrogens is 1. The Labute approximate surface area is 119 Å². The first-order valence-corrected chi connectivity index (χ1v) is 7.25. The third-order valence-electron chi connectivity index (χ3n) is 4.05. The topological polar surface area (TPSA) is 49.9 Å². The van der Waals surface area contributed by atoms with Gasteiger partial charge in [-0.1, -0.05) is 25.0 Å². The van der Waals surface area contributed by atoms with E-state index in [9.17, 15) is 0 Å². The molecular weight excluding hydrogens is 250 g/mol. The van der Waals surface area contributed by atoms with Crippen molar-refractivity contribution in [2.24, 2.45) is 0 Å². The summed E-state index contributed by atoms with van der Waals surface area (Å²) in [5, 5.41) is 3.60. The van der Waals surface area contributed by atoms with Crippen LogP contribution in [0.1, 0.15) is 25.7 Å². The van der Waals surface area contributed by atoms with E-state index in [-0.39, 0.29) is 0 Å². The molecule has 3 rings (SSSR count). The molecule has 0 amide bonds. The van der Waals surface area contributed by atoms with E-state index < -0.39 is 0 Å². The molecule has 0 saturated heterocycles. The predicted octanol–water partition coefficient (Wildman–Crippen LogP) is 3.45. The van der Waals surface area contributed by atoms with Gasteiger partial charge in [-0.2, -0.15) is 0 Å². The molecule has 2 unspecified atom stereocenters. The van der Waals surface area contributed by atoms with E-state index in [2.05, 4.69) is 39.6 Å². The maximum atomic E-state index is 5.58. The van der Waals surface area contributed by atoms with Crippen LogP contribution in [0.2, 0.25) is 0 Å². The fourth-order valence-electron chi connectivity index (χ4n) is 2.92. The Morgan fingerprint density at radius 2 is 2.00 bits per heavy atom. The zero-order valence-electron chi connectivity index (χ0n) is 11.8. The second kappa shape index (κ2) is 6.09. The van der Waals surface area contributed by atoms with Gasteiger partial charge >= 0.3 is 0 Å². The lowest BCUT2D eigenvalue weighted by Gasteiger charge is -2.31. The number of nitrogens with one attached hydrogen (secondary N) is 2. The SMILES string of the molecule is COC1CCCCC1Nc1ccc(-c2cnc[nH]2)cc1. The van der Waals surface area contributed by atoms with Crippen molar-refractivity contribution >= 4 is 5.69 Å². The Morgan fingerprint density at radius 3 is 2.70 bits per heavy atom. The highest BCUT2D eigenvalue weighted by Gasteiger charge is 2.24. The maximum Gasteiger partial charge on any atom is 0.0924 e. The van der Waals surface area contributed by atoms with Crippen LogP contribution < -0.4 is 5.32 Å². The van der Waals surface area contributed by atoms with E-state index >= 15 is 0 Å². The molecule has 4 heteroatoms. The Morgan fingerprint density at radius 1 is 1.20 bits per heavy atom. The van der Waals surface area contributed by atoms with E-state index in [1.165, 1.54) is 19.3 Å². The van der Waals surface area contributed by atoms with Crippen molar-refractivity contribution in [2.45, 2.75) is 37.8 Å². The van der Waals surface area contributed by atoms with Crippen molar-refractivity contribution in [3.63, 3.8) is 0 Å². The molecule has 2 atom stereocenters. The molecule has 0 radical (unpaired) electrons. The van der Waals surface area contributed by atoms with E-state index in [0.717, 1.165) is 23.4 Å². The van der Waals surface area contributed by atoms with Crippen LogP contribution in [-0.2, 0) is 4.74 Å². The number of hydrogen-bond donors (Lipinski definition) is 2. The van der Waals surface area contributed by atoms with Gasteiger partial charge in [0, 0.05) is 12.8 Å². The summed E-state index contributed by atoms with van der Waals surface area (Å²) in [5.41, 5.74) is 3.35. The average Bonchev–Trinajstić information content (AvgIpc) is 3.03. The minimum absolute atomic E-state index is 0.330. The van der Waals surface area contributed by atoms with Gasteiger partial charge in [-0.15, -0.1) is 0 Å². The number of methoxy groups -OCH3 is 1. The van der Waals surface area contributed by atoms with Gasteiger partial charge in [0.25, 0.3) is 0 Å². The van der Waals surface area contributed by atoms with Gasteiger partial charge in [0.05, 0.1) is 30.4 Å². The molecule has 2 N–H and O–H groups in total. The highest BCUT2D eigenvalue weighted by molar-refractivity contribution is 5.62. The molecule has 0 bridgehead atoms. The highest BCUT2D eigenvalue weighted by atomic mass is 16.5. The number of anilines is 1. The summed E-state index contributed by atoms with van der Waals surface area (Å²) in [4.78, 5) is 7.17. The standard InChI is InChI=1S/C16H21N3O/c1-20-16-5-3-2-4-14(16)19-13-8-6-12(7-9-13)15-10-17-11-18-15/h6-11,14,16,19H,2-5H2,1H3,(H,17,18). The second-order valence-corrected chi connectivity index (χ2v) is 5.35. The zero-order valence-corrected chi connectivity index (χ0v) is 11.8. The number of imidazole rings is 1. The van der Waals surface area contributed by atoms with Crippen molar-refractivity contribution < 1.29 is 4.74 Å². The summed E-state index contributed by atoms with van der Waals surface area (Å²) in [6.07, 6.45) is 8.76. The first kappa shape index (κ1) is 13.2. The number of hydrogen-bond acceptors (Lipinski definition) is 3. The highest BCUT2D eigenvalue weighted by Crippen LogP contribution is 2.25. The number of aromatic nitrogens is 2. The van der Waals surface area contributed by atoms with E-state index in [0.29, 0.717) is 12.1 Å². The fourth-order valence-corrected chi connectivity index (χ4v) is 2.92. The van der Waals surface area contributed by atoms with E-state index in [4.69, 9.17) is 4.74 Å². The van der Waals surface area contributed by atoms with Gasteiger partial charge in [0.2, 0.25) is 0 Å². The number of benzene rings is 1. The normalized spacial score (nSPS) is 22.6. The number of nitrogens with zero attached hydrogens (tertiary/aromatic N) is 1. The van der Waals surface area contributed by atoms with Crippen LogP contribution in [0, 0.1) is 0 Å². The minimum Gasteiger partial charge on any atom is -0.380 e. The molecule has 1 aromatic carbocycles. The molecule has 20 heavy (non-hydrogen) atoms. The fraction of sp³-hybridized carbons (Fsp3) is 0.438. The molecule has 0 spiro atoms. The Bertz CT molecular complexity index is 521. The number of aromatic amines is 1. The van der Waals surface area contributed by atoms with Crippen molar-refractivity contribution in [3.05, 3.63) is 36.8 Å². The summed E-state index contributed by atoms with van der Waals surface area (Å²) in [5.74, 6) is 0. The summed E-state index contributed by atoms with van der Waals surface area (Å²) in [7, 11) is 1.81. The lowest BCUT2D eigenvalue weighted by molar-refractivity contribution is 0.0606. The molecule has 4 nitrogen and oxygen atoms in total. The van der Waals surface area contributed by atoms with Gasteiger partial charge in [0.1, 0.15) is 0 Å². The van der Waals surface area contributed by atoms with Crippen LogP contribution in [0.3, 0.4) is 0 Å². The van der Waals surface area contributed by atoms with Crippen LogP contribution >= 0.6 is 0 Å². The molecule has 1 aromatic heterocycles.